The van der Waals surface area contributed by atoms with Crippen LogP contribution in [0.2, 0.25) is 0 Å². The van der Waals surface area contributed by atoms with E-state index in [4.69, 9.17) is 4.74 Å². The molecule has 128 valence electrons. The van der Waals surface area contributed by atoms with E-state index in [-0.39, 0.29) is 11.3 Å². The topological polar surface area (TPSA) is 38.3 Å². The molecule has 2 rings (SSSR count). The van der Waals surface area contributed by atoms with Crippen molar-refractivity contribution in [2.75, 3.05) is 13.2 Å². The van der Waals surface area contributed by atoms with Crippen LogP contribution in [0.15, 0.2) is 48.5 Å². The van der Waals surface area contributed by atoms with E-state index in [1.807, 2.05) is 43.3 Å². The summed E-state index contributed by atoms with van der Waals surface area (Å²) >= 11 is 0. The lowest BCUT2D eigenvalue weighted by Crippen LogP contribution is -2.29. The summed E-state index contributed by atoms with van der Waals surface area (Å²) in [4.78, 5) is 12.0. The van der Waals surface area contributed by atoms with Gasteiger partial charge in [0, 0.05) is 0 Å². The van der Waals surface area contributed by atoms with Crippen molar-refractivity contribution < 1.29 is 9.53 Å². The summed E-state index contributed by atoms with van der Waals surface area (Å²) in [7, 11) is 0. The van der Waals surface area contributed by atoms with E-state index in [9.17, 15) is 4.79 Å². The summed E-state index contributed by atoms with van der Waals surface area (Å²) in [5, 5.41) is 2.91. The quantitative estimate of drug-likeness (QED) is 0.814. The number of carbonyl (C=O) groups is 1. The highest BCUT2D eigenvalue weighted by atomic mass is 16.5. The van der Waals surface area contributed by atoms with Crippen molar-refractivity contribution in [2.24, 2.45) is 0 Å². The summed E-state index contributed by atoms with van der Waals surface area (Å²) in [5.74, 6) is 0.868. The fourth-order valence-electron chi connectivity index (χ4n) is 2.46. The van der Waals surface area contributed by atoms with Crippen LogP contribution in [0.3, 0.4) is 0 Å². The summed E-state index contributed by atoms with van der Waals surface area (Å²) in [6.45, 7) is 9.53. The van der Waals surface area contributed by atoms with Gasteiger partial charge in [0.2, 0.25) is 5.91 Å². The first-order chi connectivity index (χ1) is 11.4. The standard InChI is InChI=1S/C21H27NO2/c1-16-8-5-6-9-17(16)14-20(23)22-12-13-24-19-11-7-10-18(15-19)21(2,3)4/h5-11,15H,12-14H2,1-4H3,(H,22,23). The molecular formula is C21H27NO2. The van der Waals surface area contributed by atoms with Crippen LogP contribution < -0.4 is 10.1 Å². The minimum absolute atomic E-state index is 0.0244. The molecule has 0 spiro atoms. The van der Waals surface area contributed by atoms with Gasteiger partial charge in [-0.15, -0.1) is 0 Å². The molecule has 3 heteroatoms. The van der Waals surface area contributed by atoms with Crippen molar-refractivity contribution in [2.45, 2.75) is 39.5 Å². The van der Waals surface area contributed by atoms with Crippen molar-refractivity contribution in [3.8, 4) is 5.75 Å². The van der Waals surface area contributed by atoms with Gasteiger partial charge in [0.05, 0.1) is 13.0 Å². The van der Waals surface area contributed by atoms with Gasteiger partial charge < -0.3 is 10.1 Å². The van der Waals surface area contributed by atoms with Crippen molar-refractivity contribution in [3.63, 3.8) is 0 Å². The molecule has 0 unspecified atom stereocenters. The molecule has 0 atom stereocenters. The summed E-state index contributed by atoms with van der Waals surface area (Å²) < 4.78 is 5.75. The Bertz CT molecular complexity index is 686. The number of rotatable bonds is 6. The van der Waals surface area contributed by atoms with E-state index in [0.717, 1.165) is 16.9 Å². The monoisotopic (exact) mass is 325 g/mol. The van der Waals surface area contributed by atoms with Crippen LogP contribution in [0.5, 0.6) is 5.75 Å². The minimum atomic E-state index is 0.0244. The Kier molecular flexibility index (Phi) is 6.02. The first-order valence-corrected chi connectivity index (χ1v) is 8.41. The molecule has 24 heavy (non-hydrogen) atoms. The van der Waals surface area contributed by atoms with E-state index >= 15 is 0 Å². The first-order valence-electron chi connectivity index (χ1n) is 8.41. The lowest BCUT2D eigenvalue weighted by Gasteiger charge is -2.19. The molecule has 1 amide bonds. The first kappa shape index (κ1) is 18.1. The van der Waals surface area contributed by atoms with Crippen molar-refractivity contribution in [1.29, 1.82) is 0 Å². The smallest absolute Gasteiger partial charge is 0.224 e. The molecule has 0 saturated carbocycles. The van der Waals surface area contributed by atoms with Gasteiger partial charge in [-0.25, -0.2) is 0 Å². The Morgan fingerprint density at radius 1 is 1.08 bits per heavy atom. The van der Waals surface area contributed by atoms with Gasteiger partial charge >= 0.3 is 0 Å². The van der Waals surface area contributed by atoms with E-state index in [1.165, 1.54) is 5.56 Å². The van der Waals surface area contributed by atoms with Crippen LogP contribution in [-0.2, 0) is 16.6 Å². The fourth-order valence-corrected chi connectivity index (χ4v) is 2.46. The molecule has 3 nitrogen and oxygen atoms in total. The number of hydrogen-bond acceptors (Lipinski definition) is 2. The number of carbonyl (C=O) groups excluding carboxylic acids is 1. The van der Waals surface area contributed by atoms with Crippen LogP contribution in [-0.4, -0.2) is 19.1 Å². The lowest BCUT2D eigenvalue weighted by molar-refractivity contribution is -0.120. The van der Waals surface area contributed by atoms with Crippen LogP contribution in [0.25, 0.3) is 0 Å². The Morgan fingerprint density at radius 2 is 1.83 bits per heavy atom. The van der Waals surface area contributed by atoms with Gasteiger partial charge in [0.1, 0.15) is 12.4 Å². The molecule has 2 aromatic carbocycles. The van der Waals surface area contributed by atoms with Gasteiger partial charge in [0.15, 0.2) is 0 Å². The Labute approximate surface area is 145 Å². The van der Waals surface area contributed by atoms with Crippen molar-refractivity contribution >= 4 is 5.91 Å². The van der Waals surface area contributed by atoms with Gasteiger partial charge in [-0.05, 0) is 41.2 Å². The molecule has 0 radical (unpaired) electrons. The SMILES string of the molecule is Cc1ccccc1CC(=O)NCCOc1cccc(C(C)(C)C)c1. The third-order valence-corrected chi connectivity index (χ3v) is 4.01. The predicted octanol–water partition coefficient (Wildman–Crippen LogP) is 4.03. The van der Waals surface area contributed by atoms with E-state index in [2.05, 4.69) is 38.2 Å². The zero-order chi connectivity index (χ0) is 17.6. The molecule has 0 aliphatic heterocycles. The average Bonchev–Trinajstić information content (AvgIpc) is 2.53. The highest BCUT2D eigenvalue weighted by molar-refractivity contribution is 5.78. The molecule has 0 fully saturated rings. The van der Waals surface area contributed by atoms with Gasteiger partial charge in [0.25, 0.3) is 0 Å². The molecule has 1 N–H and O–H groups in total. The number of nitrogens with one attached hydrogen (secondary N) is 1. The van der Waals surface area contributed by atoms with E-state index < -0.39 is 0 Å². The fraction of sp³-hybridized carbons (Fsp3) is 0.381. The van der Waals surface area contributed by atoms with E-state index in [0.29, 0.717) is 19.6 Å². The summed E-state index contributed by atoms with van der Waals surface area (Å²) in [5.41, 5.74) is 3.54. The Hall–Kier alpha value is -2.29. The molecule has 0 aliphatic rings. The molecule has 0 heterocycles. The van der Waals surface area contributed by atoms with Crippen LogP contribution in [0.1, 0.15) is 37.5 Å². The third kappa shape index (κ3) is 5.41. The number of benzene rings is 2. The highest BCUT2D eigenvalue weighted by Crippen LogP contribution is 2.25. The largest absolute Gasteiger partial charge is 0.492 e. The second-order valence-electron chi connectivity index (χ2n) is 7.08. The normalized spacial score (nSPS) is 11.2. The third-order valence-electron chi connectivity index (χ3n) is 4.01. The number of amides is 1. The number of hydrogen-bond donors (Lipinski definition) is 1. The molecule has 0 saturated heterocycles. The Balaban J connectivity index is 1.77. The van der Waals surface area contributed by atoms with Crippen LogP contribution in [0, 0.1) is 6.92 Å². The predicted molar refractivity (Wildman–Crippen MR) is 98.5 cm³/mol. The zero-order valence-corrected chi connectivity index (χ0v) is 15.1. The van der Waals surface area contributed by atoms with Crippen LogP contribution in [0.4, 0.5) is 0 Å². The number of ether oxygens (including phenoxy) is 1. The molecule has 0 aromatic heterocycles. The molecule has 0 bridgehead atoms. The maximum atomic E-state index is 12.0. The average molecular weight is 325 g/mol. The second-order valence-corrected chi connectivity index (χ2v) is 7.08. The highest BCUT2D eigenvalue weighted by Gasteiger charge is 2.13. The Morgan fingerprint density at radius 3 is 2.54 bits per heavy atom. The van der Waals surface area contributed by atoms with Gasteiger partial charge in [-0.3, -0.25) is 4.79 Å². The van der Waals surface area contributed by atoms with Crippen molar-refractivity contribution in [3.05, 3.63) is 65.2 Å². The van der Waals surface area contributed by atoms with E-state index in [1.54, 1.807) is 0 Å². The maximum absolute atomic E-state index is 12.0. The number of aryl methyl sites for hydroxylation is 1. The second kappa shape index (κ2) is 8.00. The summed E-state index contributed by atoms with van der Waals surface area (Å²) in [6.07, 6.45) is 0.409. The van der Waals surface area contributed by atoms with Gasteiger partial charge in [-0.2, -0.15) is 0 Å². The minimum Gasteiger partial charge on any atom is -0.492 e. The molecule has 2 aromatic rings. The zero-order valence-electron chi connectivity index (χ0n) is 15.1. The lowest BCUT2D eigenvalue weighted by atomic mass is 9.87. The molecule has 0 aliphatic carbocycles. The van der Waals surface area contributed by atoms with Crippen LogP contribution >= 0.6 is 0 Å². The van der Waals surface area contributed by atoms with Gasteiger partial charge in [-0.1, -0.05) is 57.2 Å². The molecular weight excluding hydrogens is 298 g/mol. The maximum Gasteiger partial charge on any atom is 0.224 e. The summed E-state index contributed by atoms with van der Waals surface area (Å²) in [6, 6.07) is 16.1. The van der Waals surface area contributed by atoms with Crippen molar-refractivity contribution in [1.82, 2.24) is 5.32 Å².